The van der Waals surface area contributed by atoms with Gasteiger partial charge in [0.2, 0.25) is 5.91 Å². The van der Waals surface area contributed by atoms with Crippen LogP contribution >= 0.6 is 15.9 Å². The van der Waals surface area contributed by atoms with Crippen LogP contribution in [0.15, 0.2) is 22.7 Å². The summed E-state index contributed by atoms with van der Waals surface area (Å²) < 4.78 is 1.04. The van der Waals surface area contributed by atoms with Crippen LogP contribution in [0, 0.1) is 5.92 Å². The van der Waals surface area contributed by atoms with Crippen molar-refractivity contribution >= 4 is 27.5 Å². The van der Waals surface area contributed by atoms with Crippen LogP contribution in [0.4, 0.5) is 5.69 Å². The van der Waals surface area contributed by atoms with Crippen molar-refractivity contribution in [2.24, 2.45) is 5.92 Å². The first-order valence-electron chi connectivity index (χ1n) is 6.73. The zero-order chi connectivity index (χ0) is 13.1. The normalized spacial score (nSPS) is 19.5. The lowest BCUT2D eigenvalue weighted by atomic mass is 9.85. The van der Waals surface area contributed by atoms with Crippen molar-refractivity contribution in [1.82, 2.24) is 0 Å². The Morgan fingerprint density at radius 3 is 2.89 bits per heavy atom. The predicted octanol–water partition coefficient (Wildman–Crippen LogP) is 4.70. The molecule has 98 valence electrons. The van der Waals surface area contributed by atoms with E-state index in [-0.39, 0.29) is 11.8 Å². The van der Waals surface area contributed by atoms with Gasteiger partial charge in [-0.1, -0.05) is 49.0 Å². The molecule has 2 unspecified atom stereocenters. The van der Waals surface area contributed by atoms with Crippen LogP contribution in [0.2, 0.25) is 0 Å². The molecule has 2 nitrogen and oxygen atoms in total. The van der Waals surface area contributed by atoms with Gasteiger partial charge in [-0.3, -0.25) is 4.79 Å². The van der Waals surface area contributed by atoms with E-state index in [1.165, 1.54) is 19.3 Å². The highest BCUT2D eigenvalue weighted by molar-refractivity contribution is 9.10. The lowest BCUT2D eigenvalue weighted by molar-refractivity contribution is -0.118. The Kier molecular flexibility index (Phi) is 4.44. The van der Waals surface area contributed by atoms with Crippen molar-refractivity contribution in [3.8, 4) is 0 Å². The second-order valence-corrected chi connectivity index (χ2v) is 6.09. The quantitative estimate of drug-likeness (QED) is 0.785. The zero-order valence-electron chi connectivity index (χ0n) is 11.0. The molecule has 3 heteroatoms. The maximum Gasteiger partial charge on any atom is 0.232 e. The number of halogens is 1. The lowest BCUT2D eigenvalue weighted by Gasteiger charge is -2.17. The third-order valence-corrected chi connectivity index (χ3v) is 4.21. The molecule has 0 fully saturated rings. The molecule has 1 heterocycles. The summed E-state index contributed by atoms with van der Waals surface area (Å²) in [6.45, 7) is 4.40. The molecule has 0 saturated carbocycles. The SMILES string of the molecule is CCCCCC(C)C1C(=O)Nc2ccc(Br)cc21. The van der Waals surface area contributed by atoms with Crippen LogP contribution in [-0.2, 0) is 4.79 Å². The summed E-state index contributed by atoms with van der Waals surface area (Å²) in [5.74, 6) is 0.591. The van der Waals surface area contributed by atoms with Crippen LogP contribution in [0.1, 0.15) is 51.0 Å². The van der Waals surface area contributed by atoms with Gasteiger partial charge in [-0.05, 0) is 36.1 Å². The van der Waals surface area contributed by atoms with Crippen molar-refractivity contribution in [3.05, 3.63) is 28.2 Å². The van der Waals surface area contributed by atoms with Crippen molar-refractivity contribution in [3.63, 3.8) is 0 Å². The molecule has 1 aromatic carbocycles. The third kappa shape index (κ3) is 2.77. The molecule has 0 saturated heterocycles. The van der Waals surface area contributed by atoms with Crippen molar-refractivity contribution in [2.75, 3.05) is 5.32 Å². The molecule has 1 N–H and O–H groups in total. The van der Waals surface area contributed by atoms with E-state index in [0.29, 0.717) is 5.92 Å². The van der Waals surface area contributed by atoms with Crippen LogP contribution in [0.3, 0.4) is 0 Å². The zero-order valence-corrected chi connectivity index (χ0v) is 12.6. The topological polar surface area (TPSA) is 29.1 Å². The van der Waals surface area contributed by atoms with E-state index in [4.69, 9.17) is 0 Å². The Morgan fingerprint density at radius 1 is 1.39 bits per heavy atom. The number of hydrogen-bond acceptors (Lipinski definition) is 1. The van der Waals surface area contributed by atoms with E-state index < -0.39 is 0 Å². The number of hydrogen-bond donors (Lipinski definition) is 1. The van der Waals surface area contributed by atoms with Gasteiger partial charge in [0.15, 0.2) is 0 Å². The van der Waals surface area contributed by atoms with Gasteiger partial charge in [-0.25, -0.2) is 0 Å². The molecule has 1 aliphatic heterocycles. The fourth-order valence-corrected chi connectivity index (χ4v) is 3.08. The van der Waals surface area contributed by atoms with E-state index >= 15 is 0 Å². The van der Waals surface area contributed by atoms with E-state index in [1.54, 1.807) is 0 Å². The summed E-state index contributed by atoms with van der Waals surface area (Å²) in [6, 6.07) is 6.04. The highest BCUT2D eigenvalue weighted by Crippen LogP contribution is 2.40. The molecule has 2 rings (SSSR count). The molecule has 1 aromatic rings. The molecule has 0 aliphatic carbocycles. The maximum atomic E-state index is 12.1. The summed E-state index contributed by atoms with van der Waals surface area (Å²) in [5.41, 5.74) is 2.13. The number of carbonyl (C=O) groups excluding carboxylic acids is 1. The van der Waals surface area contributed by atoms with E-state index in [9.17, 15) is 4.79 Å². The number of anilines is 1. The Morgan fingerprint density at radius 2 is 2.17 bits per heavy atom. The number of nitrogens with one attached hydrogen (secondary N) is 1. The average Bonchev–Trinajstić information content (AvgIpc) is 2.64. The molecule has 0 aromatic heterocycles. The number of rotatable bonds is 5. The Bertz CT molecular complexity index is 444. The summed E-state index contributed by atoms with van der Waals surface area (Å²) in [6.07, 6.45) is 4.82. The minimum atomic E-state index is 0.0226. The molecule has 0 spiro atoms. The molecular formula is C15H20BrNO. The van der Waals surface area contributed by atoms with Crippen molar-refractivity contribution in [2.45, 2.75) is 45.4 Å². The fraction of sp³-hybridized carbons (Fsp3) is 0.533. The maximum absolute atomic E-state index is 12.1. The fourth-order valence-electron chi connectivity index (χ4n) is 2.70. The van der Waals surface area contributed by atoms with E-state index in [1.807, 2.05) is 12.1 Å². The molecule has 18 heavy (non-hydrogen) atoms. The third-order valence-electron chi connectivity index (χ3n) is 3.72. The van der Waals surface area contributed by atoms with Gasteiger partial charge in [0.05, 0.1) is 5.92 Å². The van der Waals surface area contributed by atoms with Gasteiger partial charge in [-0.2, -0.15) is 0 Å². The van der Waals surface area contributed by atoms with Gasteiger partial charge in [0, 0.05) is 10.2 Å². The van der Waals surface area contributed by atoms with Gasteiger partial charge in [-0.15, -0.1) is 0 Å². The number of amides is 1. The monoisotopic (exact) mass is 309 g/mol. The second kappa shape index (κ2) is 5.87. The van der Waals surface area contributed by atoms with Crippen LogP contribution in [-0.4, -0.2) is 5.91 Å². The smallest absolute Gasteiger partial charge is 0.232 e. The van der Waals surface area contributed by atoms with E-state index in [2.05, 4.69) is 41.2 Å². The van der Waals surface area contributed by atoms with Gasteiger partial charge in [0.1, 0.15) is 0 Å². The first kappa shape index (κ1) is 13.6. The van der Waals surface area contributed by atoms with Gasteiger partial charge in [0.25, 0.3) is 0 Å². The highest BCUT2D eigenvalue weighted by atomic mass is 79.9. The molecule has 1 aliphatic rings. The molecule has 1 amide bonds. The lowest BCUT2D eigenvalue weighted by Crippen LogP contribution is -2.18. The average molecular weight is 310 g/mol. The van der Waals surface area contributed by atoms with Crippen molar-refractivity contribution < 1.29 is 4.79 Å². The first-order valence-corrected chi connectivity index (χ1v) is 7.53. The number of benzene rings is 1. The first-order chi connectivity index (χ1) is 8.63. The van der Waals surface area contributed by atoms with Crippen molar-refractivity contribution in [1.29, 1.82) is 0 Å². The Balaban J connectivity index is 2.14. The molecule has 2 atom stereocenters. The second-order valence-electron chi connectivity index (χ2n) is 5.17. The van der Waals surface area contributed by atoms with Crippen LogP contribution in [0.25, 0.3) is 0 Å². The largest absolute Gasteiger partial charge is 0.325 e. The molecule has 0 radical (unpaired) electrons. The molecule has 0 bridgehead atoms. The number of fused-ring (bicyclic) bond motifs is 1. The minimum Gasteiger partial charge on any atom is -0.325 e. The minimum absolute atomic E-state index is 0.0226. The standard InChI is InChI=1S/C15H20BrNO/c1-3-4-5-6-10(2)14-12-9-11(16)7-8-13(12)17-15(14)18/h7-10,14H,3-6H2,1-2H3,(H,17,18). The summed E-state index contributed by atoms with van der Waals surface area (Å²) >= 11 is 3.49. The number of carbonyl (C=O) groups is 1. The predicted molar refractivity (Wildman–Crippen MR) is 78.8 cm³/mol. The van der Waals surface area contributed by atoms with E-state index in [0.717, 1.165) is 22.1 Å². The van der Waals surface area contributed by atoms with Gasteiger partial charge < -0.3 is 5.32 Å². The number of unbranched alkanes of at least 4 members (excludes halogenated alkanes) is 2. The van der Waals surface area contributed by atoms with Crippen LogP contribution in [0.5, 0.6) is 0 Å². The summed E-state index contributed by atoms with van der Waals surface area (Å²) in [7, 11) is 0. The molecular weight excluding hydrogens is 290 g/mol. The Labute approximate surface area is 117 Å². The summed E-state index contributed by atoms with van der Waals surface area (Å²) in [5, 5.41) is 2.99. The Hall–Kier alpha value is -0.830. The van der Waals surface area contributed by atoms with Gasteiger partial charge >= 0.3 is 0 Å². The highest BCUT2D eigenvalue weighted by Gasteiger charge is 2.34. The summed E-state index contributed by atoms with van der Waals surface area (Å²) in [4.78, 5) is 12.1. The van der Waals surface area contributed by atoms with Crippen LogP contribution < -0.4 is 5.32 Å².